The van der Waals surface area contributed by atoms with E-state index >= 15 is 0 Å². The van der Waals surface area contributed by atoms with Gasteiger partial charge in [0, 0.05) is 31.3 Å². The highest BCUT2D eigenvalue weighted by molar-refractivity contribution is 5.11. The fourth-order valence-corrected chi connectivity index (χ4v) is 1.33. The number of nitrogens with zero attached hydrogens (tertiary/aromatic N) is 3. The number of aromatic nitrogens is 3. The van der Waals surface area contributed by atoms with Gasteiger partial charge in [0.05, 0.1) is 0 Å². The molecule has 146 valence electrons. The fraction of sp³-hybridized carbons (Fsp3) is 0.391. The third-order valence-corrected chi connectivity index (χ3v) is 2.39. The Hall–Kier alpha value is -2.42. The summed E-state index contributed by atoms with van der Waals surface area (Å²) in [5, 5.41) is 3.83. The molecule has 1 aromatic carbocycles. The van der Waals surface area contributed by atoms with Gasteiger partial charge in [-0.25, -0.2) is 0 Å². The van der Waals surface area contributed by atoms with Crippen molar-refractivity contribution < 1.29 is 0 Å². The lowest BCUT2D eigenvalue weighted by atomic mass is 10.2. The van der Waals surface area contributed by atoms with Crippen LogP contribution in [0.5, 0.6) is 0 Å². The Morgan fingerprint density at radius 2 is 1.19 bits per heavy atom. The van der Waals surface area contributed by atoms with Crippen molar-refractivity contribution in [3.05, 3.63) is 84.4 Å². The van der Waals surface area contributed by atoms with Crippen molar-refractivity contribution in [2.24, 2.45) is 7.05 Å². The molecule has 0 unspecified atom stereocenters. The van der Waals surface area contributed by atoms with Crippen LogP contribution in [0.1, 0.15) is 52.8 Å². The van der Waals surface area contributed by atoms with Gasteiger partial charge in [-0.2, -0.15) is 5.10 Å². The van der Waals surface area contributed by atoms with E-state index in [2.05, 4.69) is 29.1 Å². The van der Waals surface area contributed by atoms with Crippen LogP contribution in [0.4, 0.5) is 0 Å². The zero-order valence-corrected chi connectivity index (χ0v) is 18.3. The summed E-state index contributed by atoms with van der Waals surface area (Å²) >= 11 is 0. The fourth-order valence-electron chi connectivity index (χ4n) is 1.33. The first-order valence-electron chi connectivity index (χ1n) is 9.51. The molecule has 0 saturated carbocycles. The summed E-state index contributed by atoms with van der Waals surface area (Å²) in [6.07, 6.45) is 5.43. The number of hydrogen-bond acceptors (Lipinski definition) is 2. The van der Waals surface area contributed by atoms with E-state index in [1.165, 1.54) is 5.56 Å². The predicted molar refractivity (Wildman–Crippen MR) is 117 cm³/mol. The lowest BCUT2D eigenvalue weighted by Crippen LogP contribution is -1.83. The molecule has 0 amide bonds. The second-order valence-electron chi connectivity index (χ2n) is 4.31. The summed E-state index contributed by atoms with van der Waals surface area (Å²) in [4.78, 5) is 3.98. The highest BCUT2D eigenvalue weighted by Crippen LogP contribution is 1.92. The van der Waals surface area contributed by atoms with E-state index in [-0.39, 0.29) is 0 Å². The van der Waals surface area contributed by atoms with Crippen LogP contribution in [0.2, 0.25) is 0 Å². The third kappa shape index (κ3) is 21.6. The molecule has 0 aliphatic carbocycles. The summed E-state index contributed by atoms with van der Waals surface area (Å²) in [6.45, 7) is 16.1. The van der Waals surface area contributed by atoms with Gasteiger partial charge in [-0.1, -0.05) is 83.5 Å². The molecule has 0 aliphatic heterocycles. The van der Waals surface area contributed by atoms with Gasteiger partial charge in [-0.05, 0) is 32.0 Å². The van der Waals surface area contributed by atoms with Crippen LogP contribution in [0.15, 0.2) is 73.2 Å². The van der Waals surface area contributed by atoms with E-state index < -0.39 is 0 Å². The van der Waals surface area contributed by atoms with Crippen LogP contribution in [0, 0.1) is 13.8 Å². The standard InChI is InChI=1S/C7H8.C6H7N.C4H6N2.3C2H6/c1-7-5-3-2-4-6-7;1-6-4-2-3-5-7-6;1-6-4-2-3-5-6;3*1-2/h2-6H,1H3;2-5H,1H3;2-4H,1H3;3*1-2H3. The molecule has 0 saturated heterocycles. The van der Waals surface area contributed by atoms with Crippen molar-refractivity contribution >= 4 is 0 Å². The number of pyridine rings is 1. The Bertz CT molecular complexity index is 509. The van der Waals surface area contributed by atoms with Gasteiger partial charge in [-0.3, -0.25) is 9.67 Å². The summed E-state index contributed by atoms with van der Waals surface area (Å²) in [5.41, 5.74) is 2.39. The SMILES string of the molecule is CC.CC.CC.Cc1ccccc1.Cc1ccccn1.Cn1cccn1. The molecule has 0 N–H and O–H groups in total. The van der Waals surface area contributed by atoms with E-state index in [1.54, 1.807) is 17.1 Å². The molecule has 0 aliphatic rings. The smallest absolute Gasteiger partial charge is 0.0489 e. The summed E-state index contributed by atoms with van der Waals surface area (Å²) in [5.74, 6) is 0. The molecule has 2 aromatic heterocycles. The van der Waals surface area contributed by atoms with Crippen molar-refractivity contribution in [2.45, 2.75) is 55.4 Å². The predicted octanol–water partition coefficient (Wildman–Crippen LogP) is 6.88. The molecule has 3 aromatic rings. The molecule has 0 radical (unpaired) electrons. The average Bonchev–Trinajstić information content (AvgIpc) is 3.20. The number of rotatable bonds is 0. The monoisotopic (exact) mass is 357 g/mol. The molecule has 2 heterocycles. The Labute approximate surface area is 162 Å². The van der Waals surface area contributed by atoms with E-state index in [9.17, 15) is 0 Å². The third-order valence-electron chi connectivity index (χ3n) is 2.39. The van der Waals surface area contributed by atoms with Crippen molar-refractivity contribution in [3.63, 3.8) is 0 Å². The minimum absolute atomic E-state index is 1.07. The van der Waals surface area contributed by atoms with Gasteiger partial charge in [0.25, 0.3) is 0 Å². The molecule has 3 heteroatoms. The minimum Gasteiger partial charge on any atom is -0.276 e. The average molecular weight is 358 g/mol. The maximum atomic E-state index is 3.98. The van der Waals surface area contributed by atoms with Crippen LogP contribution in [0.25, 0.3) is 0 Å². The van der Waals surface area contributed by atoms with Gasteiger partial charge >= 0.3 is 0 Å². The molecule has 0 atom stereocenters. The number of aryl methyl sites for hydroxylation is 3. The van der Waals surface area contributed by atoms with Crippen molar-refractivity contribution in [1.82, 2.24) is 14.8 Å². The Kier molecular flexibility index (Phi) is 27.1. The van der Waals surface area contributed by atoms with Gasteiger partial charge in [0.15, 0.2) is 0 Å². The highest BCUT2D eigenvalue weighted by atomic mass is 15.2. The van der Waals surface area contributed by atoms with Gasteiger partial charge < -0.3 is 0 Å². The molecular formula is C23H39N3. The van der Waals surface area contributed by atoms with Crippen molar-refractivity contribution in [2.75, 3.05) is 0 Å². The Morgan fingerprint density at radius 1 is 0.654 bits per heavy atom. The summed E-state index contributed by atoms with van der Waals surface area (Å²) in [6, 6.07) is 18.0. The molecule has 3 nitrogen and oxygen atoms in total. The van der Waals surface area contributed by atoms with Crippen LogP contribution in [-0.4, -0.2) is 14.8 Å². The van der Waals surface area contributed by atoms with Crippen molar-refractivity contribution in [1.29, 1.82) is 0 Å². The second-order valence-corrected chi connectivity index (χ2v) is 4.31. The normalized spacial score (nSPS) is 7.42. The van der Waals surface area contributed by atoms with Crippen LogP contribution in [0.3, 0.4) is 0 Å². The first-order valence-corrected chi connectivity index (χ1v) is 9.51. The number of hydrogen-bond donors (Lipinski definition) is 0. The van der Waals surface area contributed by atoms with E-state index in [1.807, 2.05) is 104 Å². The maximum Gasteiger partial charge on any atom is 0.0489 e. The first-order chi connectivity index (χ1) is 12.7. The van der Waals surface area contributed by atoms with Gasteiger partial charge in [0.1, 0.15) is 0 Å². The quantitative estimate of drug-likeness (QED) is 0.439. The summed E-state index contributed by atoms with van der Waals surface area (Å²) < 4.78 is 1.75. The lowest BCUT2D eigenvalue weighted by molar-refractivity contribution is 0.768. The lowest BCUT2D eigenvalue weighted by Gasteiger charge is -1.82. The van der Waals surface area contributed by atoms with E-state index in [0.29, 0.717) is 0 Å². The first kappa shape index (κ1) is 28.4. The molecule has 0 fully saturated rings. The molecular weight excluding hydrogens is 318 g/mol. The molecule has 0 bridgehead atoms. The maximum absolute atomic E-state index is 3.98. The van der Waals surface area contributed by atoms with Crippen LogP contribution < -0.4 is 0 Å². The second kappa shape index (κ2) is 24.8. The van der Waals surface area contributed by atoms with E-state index in [0.717, 1.165) is 5.69 Å². The molecule has 26 heavy (non-hydrogen) atoms. The van der Waals surface area contributed by atoms with Gasteiger partial charge in [0.2, 0.25) is 0 Å². The summed E-state index contributed by atoms with van der Waals surface area (Å²) in [7, 11) is 1.89. The zero-order valence-electron chi connectivity index (χ0n) is 18.3. The molecule has 3 rings (SSSR count). The largest absolute Gasteiger partial charge is 0.276 e. The van der Waals surface area contributed by atoms with E-state index in [4.69, 9.17) is 0 Å². The minimum atomic E-state index is 1.07. The topological polar surface area (TPSA) is 30.7 Å². The van der Waals surface area contributed by atoms with Crippen LogP contribution in [-0.2, 0) is 7.05 Å². The molecule has 0 spiro atoms. The van der Waals surface area contributed by atoms with Crippen molar-refractivity contribution in [3.8, 4) is 0 Å². The zero-order chi connectivity index (χ0) is 20.6. The number of benzene rings is 1. The van der Waals surface area contributed by atoms with Gasteiger partial charge in [-0.15, -0.1) is 0 Å². The highest BCUT2D eigenvalue weighted by Gasteiger charge is 1.73. The Balaban J connectivity index is -0.000000267. The Morgan fingerprint density at radius 3 is 1.38 bits per heavy atom. The van der Waals surface area contributed by atoms with Crippen LogP contribution >= 0.6 is 0 Å².